The molecule has 11 heteroatoms. The maximum absolute atomic E-state index is 14.7. The van der Waals surface area contributed by atoms with Crippen molar-refractivity contribution in [1.29, 1.82) is 5.26 Å². The summed E-state index contributed by atoms with van der Waals surface area (Å²) < 4.78 is 34.8. The van der Waals surface area contributed by atoms with Gasteiger partial charge in [0.25, 0.3) is 5.91 Å². The van der Waals surface area contributed by atoms with Gasteiger partial charge in [0.15, 0.2) is 5.83 Å². The number of alkyl halides is 1. The van der Waals surface area contributed by atoms with Crippen LogP contribution < -0.4 is 14.5 Å². The number of aryl methyl sites for hydroxylation is 1. The highest BCUT2D eigenvalue weighted by molar-refractivity contribution is 5.97. The van der Waals surface area contributed by atoms with Crippen LogP contribution in [0.25, 0.3) is 10.8 Å². The topological polar surface area (TPSA) is 88.8 Å². The summed E-state index contributed by atoms with van der Waals surface area (Å²) in [6.07, 6.45) is 1.10. The van der Waals surface area contributed by atoms with Crippen LogP contribution in [0, 0.1) is 18.3 Å². The number of likely N-dealkylation sites (tertiary alicyclic amines) is 1. The lowest BCUT2D eigenvalue weighted by atomic mass is 9.99. The standard InChI is InChI=1S/C34H39F2N7O2/c1-22-7-5-8-24-9-6-10-29(30(22)24)41-14-12-27-28(19-41)38-33(45-20-26-17-34(3,36)21-40(26)4)39-31(27)42-15-16-43(32(44)23(2)35)25(18-42)11-13-37/h5-10,25-26H,2,11-12,14-21H2,1,3-4H3/t25-,26-,34?/m0/s1. The van der Waals surface area contributed by atoms with Crippen LogP contribution >= 0.6 is 0 Å². The number of amides is 1. The van der Waals surface area contributed by atoms with E-state index in [1.54, 1.807) is 6.92 Å². The molecule has 0 saturated carbocycles. The molecule has 3 aliphatic rings. The van der Waals surface area contributed by atoms with Gasteiger partial charge in [-0.15, -0.1) is 0 Å². The van der Waals surface area contributed by atoms with Crippen molar-refractivity contribution in [3.63, 3.8) is 0 Å². The third kappa shape index (κ3) is 6.16. The second kappa shape index (κ2) is 12.2. The highest BCUT2D eigenvalue weighted by Crippen LogP contribution is 2.36. The minimum atomic E-state index is -1.28. The van der Waals surface area contributed by atoms with Crippen LogP contribution in [0.2, 0.25) is 0 Å². The van der Waals surface area contributed by atoms with E-state index in [-0.39, 0.29) is 31.6 Å². The molecule has 0 bridgehead atoms. The van der Waals surface area contributed by atoms with Gasteiger partial charge in [-0.1, -0.05) is 36.9 Å². The van der Waals surface area contributed by atoms with E-state index in [0.29, 0.717) is 44.8 Å². The Morgan fingerprint density at radius 2 is 1.93 bits per heavy atom. The molecule has 3 aromatic rings. The summed E-state index contributed by atoms with van der Waals surface area (Å²) in [6, 6.07) is 14.4. The summed E-state index contributed by atoms with van der Waals surface area (Å²) in [6.45, 7) is 9.73. The lowest BCUT2D eigenvalue weighted by Crippen LogP contribution is -2.55. The Kier molecular flexibility index (Phi) is 8.35. The number of carbonyl (C=O) groups is 1. The normalized spacial score (nSPS) is 23.6. The predicted octanol–water partition coefficient (Wildman–Crippen LogP) is 4.73. The maximum Gasteiger partial charge on any atom is 0.318 e. The second-order valence-electron chi connectivity index (χ2n) is 12.7. The molecule has 45 heavy (non-hydrogen) atoms. The Labute approximate surface area is 262 Å². The Morgan fingerprint density at radius 1 is 1.16 bits per heavy atom. The fourth-order valence-corrected chi connectivity index (χ4v) is 7.16. The molecule has 0 aliphatic carbocycles. The first kappa shape index (κ1) is 30.7. The van der Waals surface area contributed by atoms with Gasteiger partial charge in [-0.2, -0.15) is 15.2 Å². The van der Waals surface area contributed by atoms with Crippen molar-refractivity contribution in [3.05, 3.63) is 65.6 Å². The molecule has 0 radical (unpaired) electrons. The van der Waals surface area contributed by atoms with Crippen molar-refractivity contribution in [1.82, 2.24) is 19.8 Å². The smallest absolute Gasteiger partial charge is 0.318 e. The fourth-order valence-electron chi connectivity index (χ4n) is 7.16. The van der Waals surface area contributed by atoms with Gasteiger partial charge in [0.1, 0.15) is 18.1 Å². The fraction of sp³-hybridized carbons (Fsp3) is 0.471. The Bertz CT molecular complexity index is 1670. The second-order valence-corrected chi connectivity index (χ2v) is 12.7. The first-order valence-electron chi connectivity index (χ1n) is 15.5. The SMILES string of the molecule is C=C(F)C(=O)N1CCN(c2nc(OC[C@@H]3CC(C)(F)CN3C)nc3c2CCN(c2cccc4cccc(C)c24)C3)C[C@@H]1CC#N. The highest BCUT2D eigenvalue weighted by Gasteiger charge is 2.40. The van der Waals surface area contributed by atoms with E-state index in [9.17, 15) is 18.8 Å². The Morgan fingerprint density at radius 3 is 2.64 bits per heavy atom. The maximum atomic E-state index is 14.7. The summed E-state index contributed by atoms with van der Waals surface area (Å²) in [5.41, 5.74) is 2.90. The number of ether oxygens (including phenoxy) is 1. The number of halogens is 2. The quantitative estimate of drug-likeness (QED) is 0.353. The van der Waals surface area contributed by atoms with Crippen molar-refractivity contribution >= 4 is 28.2 Å². The predicted molar refractivity (Wildman–Crippen MR) is 170 cm³/mol. The molecule has 2 aromatic carbocycles. The first-order chi connectivity index (χ1) is 21.5. The lowest BCUT2D eigenvalue weighted by molar-refractivity contribution is -0.131. The van der Waals surface area contributed by atoms with Crippen LogP contribution in [0.3, 0.4) is 0 Å². The first-order valence-corrected chi connectivity index (χ1v) is 15.5. The number of fused-ring (bicyclic) bond motifs is 2. The molecule has 1 unspecified atom stereocenters. The molecular weight excluding hydrogens is 576 g/mol. The van der Waals surface area contributed by atoms with E-state index < -0.39 is 23.4 Å². The average Bonchev–Trinajstić information content (AvgIpc) is 3.29. The van der Waals surface area contributed by atoms with Crippen LogP contribution in [0.15, 0.2) is 48.8 Å². The summed E-state index contributed by atoms with van der Waals surface area (Å²) >= 11 is 0. The van der Waals surface area contributed by atoms with Gasteiger partial charge in [0.05, 0.1) is 30.8 Å². The van der Waals surface area contributed by atoms with Crippen molar-refractivity contribution in [2.24, 2.45) is 0 Å². The number of anilines is 2. The molecule has 2 fully saturated rings. The zero-order chi connectivity index (χ0) is 31.9. The molecule has 0 spiro atoms. The minimum absolute atomic E-state index is 0.0520. The van der Waals surface area contributed by atoms with Gasteiger partial charge in [-0.25, -0.2) is 8.78 Å². The molecule has 3 atom stereocenters. The van der Waals surface area contributed by atoms with Gasteiger partial charge in [-0.05, 0) is 44.3 Å². The monoisotopic (exact) mass is 615 g/mol. The molecule has 2 saturated heterocycles. The number of hydrogen-bond donors (Lipinski definition) is 0. The Balaban J connectivity index is 1.34. The highest BCUT2D eigenvalue weighted by atomic mass is 19.1. The number of benzene rings is 2. The van der Waals surface area contributed by atoms with Gasteiger partial charge in [0.2, 0.25) is 0 Å². The number of aromatic nitrogens is 2. The number of likely N-dealkylation sites (N-methyl/N-ethyl adjacent to an activating group) is 1. The van der Waals surface area contributed by atoms with Gasteiger partial charge in [0, 0.05) is 61.8 Å². The molecule has 1 aromatic heterocycles. The van der Waals surface area contributed by atoms with Gasteiger partial charge < -0.3 is 19.4 Å². The van der Waals surface area contributed by atoms with Crippen molar-refractivity contribution in [3.8, 4) is 12.1 Å². The molecule has 0 N–H and O–H groups in total. The number of nitriles is 1. The van der Waals surface area contributed by atoms with Crippen molar-refractivity contribution in [2.75, 3.05) is 56.2 Å². The molecule has 4 heterocycles. The third-order valence-electron chi connectivity index (χ3n) is 9.33. The summed E-state index contributed by atoms with van der Waals surface area (Å²) in [5, 5.41) is 11.9. The van der Waals surface area contributed by atoms with E-state index in [0.717, 1.165) is 23.5 Å². The molecular formula is C34H39F2N7O2. The van der Waals surface area contributed by atoms with Crippen LogP contribution in [0.1, 0.15) is 36.6 Å². The molecule has 6 rings (SSSR count). The number of rotatable bonds is 7. The summed E-state index contributed by atoms with van der Waals surface area (Å²) in [7, 11) is 1.89. The zero-order valence-corrected chi connectivity index (χ0v) is 26.1. The van der Waals surface area contributed by atoms with E-state index in [1.807, 2.05) is 11.9 Å². The Hall–Kier alpha value is -4.30. The van der Waals surface area contributed by atoms with Crippen molar-refractivity contribution in [2.45, 2.75) is 57.4 Å². The lowest BCUT2D eigenvalue weighted by Gasteiger charge is -2.42. The molecule has 3 aliphatic heterocycles. The number of nitrogens with zero attached hydrogens (tertiary/aromatic N) is 7. The van der Waals surface area contributed by atoms with E-state index >= 15 is 0 Å². The van der Waals surface area contributed by atoms with E-state index in [1.165, 1.54) is 21.2 Å². The molecule has 236 valence electrons. The van der Waals surface area contributed by atoms with E-state index in [2.05, 4.69) is 65.8 Å². The molecule has 9 nitrogen and oxygen atoms in total. The minimum Gasteiger partial charge on any atom is -0.462 e. The van der Waals surface area contributed by atoms with Crippen LogP contribution in [-0.2, 0) is 17.8 Å². The van der Waals surface area contributed by atoms with E-state index in [4.69, 9.17) is 14.7 Å². The van der Waals surface area contributed by atoms with Gasteiger partial charge >= 0.3 is 6.01 Å². The third-order valence-corrected chi connectivity index (χ3v) is 9.33. The average molecular weight is 616 g/mol. The summed E-state index contributed by atoms with van der Waals surface area (Å²) in [4.78, 5) is 30.0. The number of hydrogen-bond acceptors (Lipinski definition) is 8. The van der Waals surface area contributed by atoms with Crippen LogP contribution in [0.4, 0.5) is 20.3 Å². The molecule has 1 amide bonds. The largest absolute Gasteiger partial charge is 0.462 e. The number of carbonyl (C=O) groups excluding carboxylic acids is 1. The van der Waals surface area contributed by atoms with Crippen LogP contribution in [0.5, 0.6) is 6.01 Å². The van der Waals surface area contributed by atoms with Crippen LogP contribution in [-0.4, -0.2) is 89.8 Å². The number of piperazine rings is 1. The summed E-state index contributed by atoms with van der Waals surface area (Å²) in [5.74, 6) is -1.12. The van der Waals surface area contributed by atoms with Gasteiger partial charge in [-0.3, -0.25) is 9.69 Å². The van der Waals surface area contributed by atoms with Crippen molar-refractivity contribution < 1.29 is 18.3 Å². The zero-order valence-electron chi connectivity index (χ0n) is 26.1.